The van der Waals surface area contributed by atoms with Crippen LogP contribution in [-0.4, -0.2) is 15.5 Å². The third-order valence-electron chi connectivity index (χ3n) is 3.36. The molecule has 2 rings (SSSR count). The van der Waals surface area contributed by atoms with Gasteiger partial charge in [0, 0.05) is 0 Å². The summed E-state index contributed by atoms with van der Waals surface area (Å²) in [5, 5.41) is 2.08. The average Bonchev–Trinajstić information content (AvgIpc) is 2.88. The summed E-state index contributed by atoms with van der Waals surface area (Å²) in [7, 11) is -2.11. The van der Waals surface area contributed by atoms with Crippen LogP contribution in [0.25, 0.3) is 0 Å². The topological polar surface area (TPSA) is 55.4 Å². The van der Waals surface area contributed by atoms with Gasteiger partial charge in [0.05, 0.1) is 0 Å². The van der Waals surface area contributed by atoms with E-state index in [0.29, 0.717) is 10.8 Å². The van der Waals surface area contributed by atoms with E-state index in [-0.39, 0.29) is 4.90 Å². The number of hydrogen-bond donors (Lipinski definition) is 1. The Hall–Kier alpha value is -1.37. The van der Waals surface area contributed by atoms with Crippen LogP contribution in [0.15, 0.2) is 28.5 Å². The van der Waals surface area contributed by atoms with Crippen molar-refractivity contribution in [2.24, 2.45) is 0 Å². The zero-order chi connectivity index (χ0) is 14.9. The van der Waals surface area contributed by atoms with Gasteiger partial charge in [-0.3, -0.25) is 0 Å². The first-order chi connectivity index (χ1) is 9.36. The lowest BCUT2D eigenvalue weighted by Crippen LogP contribution is -2.18. The molecule has 6 heteroatoms. The van der Waals surface area contributed by atoms with E-state index in [2.05, 4.69) is 4.72 Å². The number of thiophene rings is 1. The van der Waals surface area contributed by atoms with Crippen LogP contribution in [0.5, 0.6) is 10.8 Å². The van der Waals surface area contributed by atoms with Crippen LogP contribution in [0.1, 0.15) is 16.7 Å². The molecule has 0 saturated carbocycles. The van der Waals surface area contributed by atoms with E-state index in [9.17, 15) is 8.42 Å². The van der Waals surface area contributed by atoms with Crippen molar-refractivity contribution < 1.29 is 13.2 Å². The summed E-state index contributed by atoms with van der Waals surface area (Å²) in [6.45, 7) is 6.03. The van der Waals surface area contributed by atoms with Crippen molar-refractivity contribution in [1.29, 1.82) is 0 Å². The summed E-state index contributed by atoms with van der Waals surface area (Å²) >= 11 is 1.26. The molecule has 0 bridgehead atoms. The maximum atomic E-state index is 11.9. The van der Waals surface area contributed by atoms with Gasteiger partial charge in [-0.15, -0.1) is 11.3 Å². The van der Waals surface area contributed by atoms with Gasteiger partial charge in [0.15, 0.2) is 0 Å². The van der Waals surface area contributed by atoms with Crippen LogP contribution in [-0.2, 0) is 10.0 Å². The van der Waals surface area contributed by atoms with Crippen molar-refractivity contribution in [1.82, 2.24) is 4.72 Å². The van der Waals surface area contributed by atoms with Crippen LogP contribution in [0.2, 0.25) is 0 Å². The molecule has 0 saturated heterocycles. The molecule has 1 N–H and O–H groups in total. The normalized spacial score (nSPS) is 11.6. The fraction of sp³-hybridized carbons (Fsp3) is 0.286. The second kappa shape index (κ2) is 5.55. The first-order valence-electron chi connectivity index (χ1n) is 6.12. The van der Waals surface area contributed by atoms with Gasteiger partial charge < -0.3 is 4.74 Å². The summed E-state index contributed by atoms with van der Waals surface area (Å²) in [4.78, 5) is 0.169. The Morgan fingerprint density at radius 1 is 1.10 bits per heavy atom. The minimum absolute atomic E-state index is 0.169. The molecule has 0 atom stereocenters. The standard InChI is InChI=1S/C14H17NO3S2/c1-9-5-6-12(11(3)10(9)2)18-14-13(7-8-19-14)20(16,17)15-4/h5-8,15H,1-4H3. The Balaban J connectivity index is 2.43. The van der Waals surface area contributed by atoms with Gasteiger partial charge >= 0.3 is 0 Å². The number of rotatable bonds is 4. The molecule has 108 valence electrons. The Morgan fingerprint density at radius 3 is 2.45 bits per heavy atom. The van der Waals surface area contributed by atoms with E-state index in [1.807, 2.05) is 32.9 Å². The molecule has 1 heterocycles. The van der Waals surface area contributed by atoms with E-state index in [1.54, 1.807) is 11.4 Å². The van der Waals surface area contributed by atoms with E-state index < -0.39 is 10.0 Å². The van der Waals surface area contributed by atoms with Crippen LogP contribution >= 0.6 is 11.3 Å². The van der Waals surface area contributed by atoms with Crippen molar-refractivity contribution in [3.05, 3.63) is 40.3 Å². The molecule has 0 fully saturated rings. The van der Waals surface area contributed by atoms with Crippen molar-refractivity contribution in [3.63, 3.8) is 0 Å². The molecule has 0 aliphatic carbocycles. The van der Waals surface area contributed by atoms with Gasteiger partial charge in [0.1, 0.15) is 10.6 Å². The van der Waals surface area contributed by atoms with Crippen molar-refractivity contribution in [2.75, 3.05) is 7.05 Å². The van der Waals surface area contributed by atoms with Crippen LogP contribution in [0, 0.1) is 20.8 Å². The van der Waals surface area contributed by atoms with Gasteiger partial charge in [-0.2, -0.15) is 0 Å². The fourth-order valence-corrected chi connectivity index (χ4v) is 3.75. The lowest BCUT2D eigenvalue weighted by Gasteiger charge is -2.12. The molecule has 0 aliphatic heterocycles. The monoisotopic (exact) mass is 311 g/mol. The summed E-state index contributed by atoms with van der Waals surface area (Å²) in [5.74, 6) is 0.683. The molecule has 4 nitrogen and oxygen atoms in total. The molecule has 0 spiro atoms. The predicted molar refractivity (Wildman–Crippen MR) is 81.3 cm³/mol. The van der Waals surface area contributed by atoms with Gasteiger partial charge in [0.25, 0.3) is 0 Å². The van der Waals surface area contributed by atoms with Crippen molar-refractivity contribution in [3.8, 4) is 10.8 Å². The SMILES string of the molecule is CNS(=O)(=O)c1ccsc1Oc1ccc(C)c(C)c1C. The molecule has 2 aromatic rings. The molecule has 0 amide bonds. The fourth-order valence-electron chi connectivity index (χ4n) is 1.81. The average molecular weight is 311 g/mol. The zero-order valence-corrected chi connectivity index (χ0v) is 13.5. The maximum Gasteiger partial charge on any atom is 0.244 e. The van der Waals surface area contributed by atoms with E-state index >= 15 is 0 Å². The highest BCUT2D eigenvalue weighted by atomic mass is 32.2. The van der Waals surface area contributed by atoms with Gasteiger partial charge in [-0.1, -0.05) is 6.07 Å². The summed E-state index contributed by atoms with van der Waals surface area (Å²) < 4.78 is 31.9. The van der Waals surface area contributed by atoms with Crippen molar-refractivity contribution >= 4 is 21.4 Å². The number of aryl methyl sites for hydroxylation is 1. The Bertz CT molecular complexity index is 733. The van der Waals surface area contributed by atoms with Crippen LogP contribution in [0.4, 0.5) is 0 Å². The highest BCUT2D eigenvalue weighted by molar-refractivity contribution is 7.89. The Labute approximate surface area is 123 Å². The number of hydrogen-bond acceptors (Lipinski definition) is 4. The largest absolute Gasteiger partial charge is 0.445 e. The molecular weight excluding hydrogens is 294 g/mol. The van der Waals surface area contributed by atoms with E-state index in [1.165, 1.54) is 23.9 Å². The highest BCUT2D eigenvalue weighted by Crippen LogP contribution is 2.36. The third-order valence-corrected chi connectivity index (χ3v) is 5.72. The second-order valence-electron chi connectivity index (χ2n) is 4.51. The van der Waals surface area contributed by atoms with Gasteiger partial charge in [-0.25, -0.2) is 13.1 Å². The smallest absolute Gasteiger partial charge is 0.244 e. The molecule has 1 aromatic carbocycles. The van der Waals surface area contributed by atoms with Gasteiger partial charge in [0.2, 0.25) is 15.1 Å². The predicted octanol–water partition coefficient (Wildman–Crippen LogP) is 3.37. The summed E-state index contributed by atoms with van der Waals surface area (Å²) in [5.41, 5.74) is 3.35. The van der Waals surface area contributed by atoms with Gasteiger partial charge in [-0.05, 0) is 62.0 Å². The number of nitrogens with one attached hydrogen (secondary N) is 1. The summed E-state index contributed by atoms with van der Waals surface area (Å²) in [6, 6.07) is 5.38. The molecular formula is C14H17NO3S2. The van der Waals surface area contributed by atoms with Crippen molar-refractivity contribution in [2.45, 2.75) is 25.7 Å². The lowest BCUT2D eigenvalue weighted by atomic mass is 10.0. The van der Waals surface area contributed by atoms with Crippen LogP contribution in [0.3, 0.4) is 0 Å². The second-order valence-corrected chi connectivity index (χ2v) is 7.25. The molecule has 0 unspecified atom stereocenters. The number of sulfonamides is 1. The molecule has 20 heavy (non-hydrogen) atoms. The summed E-state index contributed by atoms with van der Waals surface area (Å²) in [6.07, 6.45) is 0. The first kappa shape index (κ1) is 15.0. The van der Waals surface area contributed by atoms with E-state index in [4.69, 9.17) is 4.74 Å². The lowest BCUT2D eigenvalue weighted by molar-refractivity contribution is 0.477. The molecule has 0 radical (unpaired) electrons. The Kier molecular flexibility index (Phi) is 4.17. The van der Waals surface area contributed by atoms with Crippen LogP contribution < -0.4 is 9.46 Å². The number of benzene rings is 1. The first-order valence-corrected chi connectivity index (χ1v) is 8.49. The quantitative estimate of drug-likeness (QED) is 0.942. The minimum atomic E-state index is -3.50. The molecule has 1 aromatic heterocycles. The maximum absolute atomic E-state index is 11.9. The minimum Gasteiger partial charge on any atom is -0.445 e. The highest BCUT2D eigenvalue weighted by Gasteiger charge is 2.20. The molecule has 0 aliphatic rings. The van der Waals surface area contributed by atoms with E-state index in [0.717, 1.165) is 11.1 Å². The Morgan fingerprint density at radius 2 is 1.80 bits per heavy atom. The zero-order valence-electron chi connectivity index (χ0n) is 11.9. The number of ether oxygens (including phenoxy) is 1. The third kappa shape index (κ3) is 2.72.